The standard InChI is InChI=1S/C18H22N2O2S2/c1-13(2)10-21-11-15(16-5-3-7-22-16)19-9-14-12-24-18(20-14)17-6-4-8-23-17/h3-8,12-13,15,19H,9-11H2,1-2H3. The molecule has 0 aliphatic heterocycles. The minimum absolute atomic E-state index is 0.0330. The van der Waals surface area contributed by atoms with Gasteiger partial charge < -0.3 is 9.15 Å². The second-order valence-electron chi connectivity index (χ2n) is 6.00. The van der Waals surface area contributed by atoms with Crippen LogP contribution in [0.3, 0.4) is 0 Å². The van der Waals surface area contributed by atoms with Crippen LogP contribution in [-0.2, 0) is 11.3 Å². The van der Waals surface area contributed by atoms with E-state index < -0.39 is 0 Å². The van der Waals surface area contributed by atoms with Gasteiger partial charge in [0.25, 0.3) is 0 Å². The first-order valence-corrected chi connectivity index (χ1v) is 9.81. The first-order chi connectivity index (χ1) is 11.7. The van der Waals surface area contributed by atoms with E-state index in [4.69, 9.17) is 14.1 Å². The van der Waals surface area contributed by atoms with Crippen LogP contribution < -0.4 is 5.32 Å². The SMILES string of the molecule is CC(C)COCC(NCc1csc(-c2cccs2)n1)c1ccco1. The predicted molar refractivity (Wildman–Crippen MR) is 99.4 cm³/mol. The van der Waals surface area contributed by atoms with Crippen molar-refractivity contribution in [3.05, 3.63) is 52.7 Å². The summed E-state index contributed by atoms with van der Waals surface area (Å²) in [5.41, 5.74) is 1.05. The van der Waals surface area contributed by atoms with Crippen molar-refractivity contribution >= 4 is 22.7 Å². The molecule has 0 spiro atoms. The number of thiophene rings is 1. The summed E-state index contributed by atoms with van der Waals surface area (Å²) in [5, 5.41) is 8.76. The second kappa shape index (κ2) is 8.58. The maximum Gasteiger partial charge on any atom is 0.133 e. The first kappa shape index (κ1) is 17.4. The lowest BCUT2D eigenvalue weighted by Gasteiger charge is -2.17. The van der Waals surface area contributed by atoms with Gasteiger partial charge in [-0.3, -0.25) is 5.32 Å². The Bertz CT molecular complexity index is 705. The van der Waals surface area contributed by atoms with Crippen molar-refractivity contribution in [2.24, 2.45) is 5.92 Å². The molecular weight excluding hydrogens is 340 g/mol. The van der Waals surface area contributed by atoms with E-state index in [1.807, 2.05) is 12.1 Å². The monoisotopic (exact) mass is 362 g/mol. The van der Waals surface area contributed by atoms with Gasteiger partial charge in [0.15, 0.2) is 0 Å². The van der Waals surface area contributed by atoms with Gasteiger partial charge >= 0.3 is 0 Å². The number of furan rings is 1. The third-order valence-corrected chi connectivity index (χ3v) is 5.37. The topological polar surface area (TPSA) is 47.3 Å². The molecule has 0 aliphatic carbocycles. The van der Waals surface area contributed by atoms with E-state index in [0.717, 1.165) is 23.1 Å². The molecule has 3 rings (SSSR count). The van der Waals surface area contributed by atoms with Crippen molar-refractivity contribution in [1.82, 2.24) is 10.3 Å². The zero-order valence-corrected chi connectivity index (χ0v) is 15.5. The molecule has 0 aromatic carbocycles. The molecule has 3 aromatic heterocycles. The molecule has 1 unspecified atom stereocenters. The molecule has 128 valence electrons. The van der Waals surface area contributed by atoms with Crippen LogP contribution in [0.25, 0.3) is 9.88 Å². The first-order valence-electron chi connectivity index (χ1n) is 8.05. The van der Waals surface area contributed by atoms with E-state index >= 15 is 0 Å². The molecule has 1 N–H and O–H groups in total. The molecule has 0 saturated heterocycles. The number of hydrogen-bond acceptors (Lipinski definition) is 6. The molecule has 6 heteroatoms. The van der Waals surface area contributed by atoms with Crippen molar-refractivity contribution in [1.29, 1.82) is 0 Å². The number of thiazole rings is 1. The third-order valence-electron chi connectivity index (χ3n) is 3.44. The lowest BCUT2D eigenvalue weighted by Crippen LogP contribution is -2.25. The van der Waals surface area contributed by atoms with Gasteiger partial charge in [0.2, 0.25) is 0 Å². The highest BCUT2D eigenvalue weighted by molar-refractivity contribution is 7.20. The highest BCUT2D eigenvalue weighted by Crippen LogP contribution is 2.28. The highest BCUT2D eigenvalue weighted by atomic mass is 32.1. The van der Waals surface area contributed by atoms with Gasteiger partial charge in [-0.05, 0) is 29.5 Å². The van der Waals surface area contributed by atoms with Crippen molar-refractivity contribution in [3.8, 4) is 9.88 Å². The highest BCUT2D eigenvalue weighted by Gasteiger charge is 2.15. The molecule has 0 aliphatic rings. The molecule has 24 heavy (non-hydrogen) atoms. The van der Waals surface area contributed by atoms with Crippen LogP contribution in [0, 0.1) is 5.92 Å². The fourth-order valence-corrected chi connectivity index (χ4v) is 3.92. The summed E-state index contributed by atoms with van der Waals surface area (Å²) < 4.78 is 11.3. The van der Waals surface area contributed by atoms with E-state index in [9.17, 15) is 0 Å². The minimum atomic E-state index is 0.0330. The number of ether oxygens (including phenoxy) is 1. The Morgan fingerprint density at radius 2 is 2.12 bits per heavy atom. The Morgan fingerprint density at radius 3 is 2.83 bits per heavy atom. The summed E-state index contributed by atoms with van der Waals surface area (Å²) in [4.78, 5) is 5.93. The van der Waals surface area contributed by atoms with Gasteiger partial charge in [0.1, 0.15) is 10.8 Å². The summed E-state index contributed by atoms with van der Waals surface area (Å²) in [6, 6.07) is 8.08. The average Bonchev–Trinajstić information content (AvgIpc) is 3.32. The van der Waals surface area contributed by atoms with Crippen molar-refractivity contribution in [3.63, 3.8) is 0 Å². The summed E-state index contributed by atoms with van der Waals surface area (Å²) in [7, 11) is 0. The van der Waals surface area contributed by atoms with Crippen LogP contribution in [0.4, 0.5) is 0 Å². The molecule has 3 heterocycles. The lowest BCUT2D eigenvalue weighted by molar-refractivity contribution is 0.0844. The summed E-state index contributed by atoms with van der Waals surface area (Å²) in [6.45, 7) is 6.33. The van der Waals surface area contributed by atoms with Gasteiger partial charge in [0, 0.05) is 18.5 Å². The Labute approximate surface area is 150 Å². The van der Waals surface area contributed by atoms with Gasteiger partial charge in [-0.15, -0.1) is 22.7 Å². The van der Waals surface area contributed by atoms with Crippen LogP contribution in [0.2, 0.25) is 0 Å². The number of aromatic nitrogens is 1. The zero-order valence-electron chi connectivity index (χ0n) is 13.9. The van der Waals surface area contributed by atoms with Crippen molar-refractivity contribution in [2.45, 2.75) is 26.4 Å². The van der Waals surface area contributed by atoms with Gasteiger partial charge in [-0.2, -0.15) is 0 Å². The van der Waals surface area contributed by atoms with Gasteiger partial charge in [0.05, 0.1) is 29.5 Å². The van der Waals surface area contributed by atoms with Crippen LogP contribution in [0.15, 0.2) is 45.7 Å². The van der Waals surface area contributed by atoms with Gasteiger partial charge in [-0.1, -0.05) is 19.9 Å². The zero-order chi connectivity index (χ0) is 16.8. The van der Waals surface area contributed by atoms with Crippen LogP contribution in [-0.4, -0.2) is 18.2 Å². The fourth-order valence-electron chi connectivity index (χ4n) is 2.28. The normalized spacial score (nSPS) is 12.8. The van der Waals surface area contributed by atoms with E-state index in [1.165, 1.54) is 4.88 Å². The van der Waals surface area contributed by atoms with E-state index in [0.29, 0.717) is 19.1 Å². The van der Waals surface area contributed by atoms with E-state index in [2.05, 4.69) is 42.1 Å². The summed E-state index contributed by atoms with van der Waals surface area (Å²) in [5.74, 6) is 1.42. The molecule has 0 bridgehead atoms. The third kappa shape index (κ3) is 4.77. The Hall–Kier alpha value is -1.47. The minimum Gasteiger partial charge on any atom is -0.468 e. The molecule has 0 saturated carbocycles. The average molecular weight is 363 g/mol. The van der Waals surface area contributed by atoms with Crippen LogP contribution in [0.1, 0.15) is 31.3 Å². The van der Waals surface area contributed by atoms with Crippen molar-refractivity contribution < 1.29 is 9.15 Å². The molecule has 4 nitrogen and oxygen atoms in total. The van der Waals surface area contributed by atoms with E-state index in [-0.39, 0.29) is 6.04 Å². The Balaban J connectivity index is 1.59. The summed E-state index contributed by atoms with van der Waals surface area (Å²) in [6.07, 6.45) is 1.70. The second-order valence-corrected chi connectivity index (χ2v) is 7.81. The predicted octanol–water partition coefficient (Wildman–Crippen LogP) is 4.97. The molecule has 0 fully saturated rings. The van der Waals surface area contributed by atoms with Crippen molar-refractivity contribution in [2.75, 3.05) is 13.2 Å². The van der Waals surface area contributed by atoms with Gasteiger partial charge in [-0.25, -0.2) is 4.98 Å². The number of rotatable bonds is 9. The fraction of sp³-hybridized carbons (Fsp3) is 0.389. The van der Waals surface area contributed by atoms with Crippen LogP contribution in [0.5, 0.6) is 0 Å². The quantitative estimate of drug-likeness (QED) is 0.584. The van der Waals surface area contributed by atoms with E-state index in [1.54, 1.807) is 28.9 Å². The van der Waals surface area contributed by atoms with Crippen LogP contribution >= 0.6 is 22.7 Å². The smallest absolute Gasteiger partial charge is 0.133 e. The Kier molecular flexibility index (Phi) is 6.20. The Morgan fingerprint density at radius 1 is 1.21 bits per heavy atom. The number of hydrogen-bond donors (Lipinski definition) is 1. The lowest BCUT2D eigenvalue weighted by atomic mass is 10.2. The number of nitrogens with zero attached hydrogens (tertiary/aromatic N) is 1. The summed E-state index contributed by atoms with van der Waals surface area (Å²) >= 11 is 3.40. The molecule has 3 aromatic rings. The molecular formula is C18H22N2O2S2. The number of nitrogens with one attached hydrogen (secondary N) is 1. The molecule has 1 atom stereocenters. The maximum absolute atomic E-state index is 5.79. The largest absolute Gasteiger partial charge is 0.468 e. The molecule has 0 amide bonds. The molecule has 0 radical (unpaired) electrons. The maximum atomic E-state index is 5.79.